The average molecular weight is 538 g/mol. The molecule has 0 aliphatic carbocycles. The van der Waals surface area contributed by atoms with Gasteiger partial charge in [0.15, 0.2) is 0 Å². The number of hydrogen-bond acceptors (Lipinski definition) is 8. The van der Waals surface area contributed by atoms with E-state index in [2.05, 4.69) is 10.5 Å². The number of rotatable bonds is 8. The van der Waals surface area contributed by atoms with E-state index in [9.17, 15) is 23.3 Å². The number of nitro groups is 1. The second kappa shape index (κ2) is 11.4. The number of carbonyl (C=O) groups is 1. The molecule has 1 heterocycles. The van der Waals surface area contributed by atoms with Crippen LogP contribution in [-0.2, 0) is 14.8 Å². The van der Waals surface area contributed by atoms with Gasteiger partial charge < -0.3 is 9.64 Å². The van der Waals surface area contributed by atoms with Crippen LogP contribution < -0.4 is 14.6 Å². The molecule has 0 atom stereocenters. The Morgan fingerprint density at radius 3 is 2.37 bits per heavy atom. The van der Waals surface area contributed by atoms with Gasteiger partial charge in [-0.05, 0) is 49.4 Å². The molecule has 0 aromatic heterocycles. The van der Waals surface area contributed by atoms with Gasteiger partial charge in [0.1, 0.15) is 0 Å². The molecule has 1 aliphatic heterocycles. The Morgan fingerprint density at radius 2 is 1.74 bits per heavy atom. The van der Waals surface area contributed by atoms with E-state index in [4.69, 9.17) is 4.74 Å². The molecular weight excluding hydrogens is 510 g/mol. The van der Waals surface area contributed by atoms with Gasteiger partial charge in [0.25, 0.3) is 21.6 Å². The Hall–Kier alpha value is -4.29. The van der Waals surface area contributed by atoms with Crippen molar-refractivity contribution in [3.05, 3.63) is 93.5 Å². The molecule has 3 aromatic carbocycles. The molecular formula is C26H27N5O6S. The summed E-state index contributed by atoms with van der Waals surface area (Å²) < 4.78 is 32.4. The maximum absolute atomic E-state index is 12.9. The van der Waals surface area contributed by atoms with Crippen molar-refractivity contribution in [1.29, 1.82) is 0 Å². The van der Waals surface area contributed by atoms with Gasteiger partial charge in [-0.1, -0.05) is 17.7 Å². The standard InChI is InChI=1S/C26H27N5O6S/c1-19-3-10-24(11-4-19)38(35,36)29(2)22-7-5-20(6-8-22)26(32)28-27-18-21-17-23(31(33)34)9-12-25(21)30-13-15-37-16-14-30/h3-12,17-18H,13-16H2,1-2H3,(H,28,32)/b27-18-. The maximum Gasteiger partial charge on any atom is 0.271 e. The lowest BCUT2D eigenvalue weighted by atomic mass is 10.1. The second-order valence-electron chi connectivity index (χ2n) is 8.63. The molecule has 1 saturated heterocycles. The van der Waals surface area contributed by atoms with Gasteiger partial charge in [-0.25, -0.2) is 13.8 Å². The number of non-ortho nitro benzene ring substituents is 1. The molecule has 3 aromatic rings. The predicted molar refractivity (Wildman–Crippen MR) is 144 cm³/mol. The van der Waals surface area contributed by atoms with E-state index in [1.807, 2.05) is 11.8 Å². The molecule has 11 nitrogen and oxygen atoms in total. The SMILES string of the molecule is Cc1ccc(S(=O)(=O)N(C)c2ccc(C(=O)N/N=C\c3cc([N+](=O)[O-])ccc3N3CCOCC3)cc2)cc1. The van der Waals surface area contributed by atoms with Crippen LogP contribution >= 0.6 is 0 Å². The number of hydrogen-bond donors (Lipinski definition) is 1. The Balaban J connectivity index is 1.47. The van der Waals surface area contributed by atoms with Gasteiger partial charge in [-0.3, -0.25) is 19.2 Å². The van der Waals surface area contributed by atoms with E-state index in [0.29, 0.717) is 37.6 Å². The fourth-order valence-corrected chi connectivity index (χ4v) is 5.10. The fourth-order valence-electron chi connectivity index (χ4n) is 3.91. The first-order valence-electron chi connectivity index (χ1n) is 11.8. The lowest BCUT2D eigenvalue weighted by Gasteiger charge is -2.29. The molecule has 0 saturated carbocycles. The molecule has 38 heavy (non-hydrogen) atoms. The van der Waals surface area contributed by atoms with Crippen molar-refractivity contribution in [3.8, 4) is 0 Å². The minimum Gasteiger partial charge on any atom is -0.378 e. The zero-order chi connectivity index (χ0) is 27.3. The molecule has 1 aliphatic rings. The number of nitrogens with one attached hydrogen (secondary N) is 1. The minimum absolute atomic E-state index is 0.0879. The Morgan fingerprint density at radius 1 is 1.08 bits per heavy atom. The molecule has 1 fully saturated rings. The van der Waals surface area contributed by atoms with Crippen LogP contribution in [0.4, 0.5) is 17.1 Å². The van der Waals surface area contributed by atoms with Crippen molar-refractivity contribution < 1.29 is 22.9 Å². The molecule has 1 amide bonds. The Kier molecular flexibility index (Phi) is 8.03. The van der Waals surface area contributed by atoms with Crippen molar-refractivity contribution in [2.45, 2.75) is 11.8 Å². The van der Waals surface area contributed by atoms with Crippen molar-refractivity contribution in [2.75, 3.05) is 42.6 Å². The monoisotopic (exact) mass is 537 g/mol. The number of aryl methyl sites for hydroxylation is 1. The van der Waals surface area contributed by atoms with Crippen LogP contribution in [0.1, 0.15) is 21.5 Å². The van der Waals surface area contributed by atoms with Crippen molar-refractivity contribution in [2.24, 2.45) is 5.10 Å². The number of benzene rings is 3. The van der Waals surface area contributed by atoms with Crippen LogP contribution in [0.25, 0.3) is 0 Å². The third kappa shape index (κ3) is 5.98. The summed E-state index contributed by atoms with van der Waals surface area (Å²) >= 11 is 0. The third-order valence-electron chi connectivity index (χ3n) is 6.12. The number of amides is 1. The summed E-state index contributed by atoms with van der Waals surface area (Å²) in [6.07, 6.45) is 1.37. The number of nitrogens with zero attached hydrogens (tertiary/aromatic N) is 4. The van der Waals surface area contributed by atoms with Crippen LogP contribution in [0.5, 0.6) is 0 Å². The van der Waals surface area contributed by atoms with Crippen LogP contribution in [-0.4, -0.2) is 58.8 Å². The van der Waals surface area contributed by atoms with Crippen molar-refractivity contribution >= 4 is 39.2 Å². The Bertz CT molecular complexity index is 1450. The van der Waals surface area contributed by atoms with Gasteiger partial charge in [-0.2, -0.15) is 5.10 Å². The number of sulfonamides is 1. The lowest BCUT2D eigenvalue weighted by Crippen LogP contribution is -2.36. The molecule has 0 unspecified atom stereocenters. The van der Waals surface area contributed by atoms with Crippen molar-refractivity contribution in [1.82, 2.24) is 5.43 Å². The number of nitro benzene ring substituents is 1. The number of carbonyl (C=O) groups excluding carboxylic acids is 1. The van der Waals surface area contributed by atoms with Crippen molar-refractivity contribution in [3.63, 3.8) is 0 Å². The summed E-state index contributed by atoms with van der Waals surface area (Å²) in [5.74, 6) is -0.518. The highest BCUT2D eigenvalue weighted by molar-refractivity contribution is 7.92. The molecule has 4 rings (SSSR count). The van der Waals surface area contributed by atoms with Crippen LogP contribution in [0.3, 0.4) is 0 Å². The highest BCUT2D eigenvalue weighted by Crippen LogP contribution is 2.25. The first-order valence-corrected chi connectivity index (χ1v) is 13.2. The molecule has 0 spiro atoms. The van der Waals surface area contributed by atoms with Gasteiger partial charge in [-0.15, -0.1) is 0 Å². The summed E-state index contributed by atoms with van der Waals surface area (Å²) in [6.45, 7) is 4.22. The number of hydrazone groups is 1. The number of morpholine rings is 1. The maximum atomic E-state index is 12.9. The van der Waals surface area contributed by atoms with E-state index in [1.165, 1.54) is 49.7 Å². The van der Waals surface area contributed by atoms with Crippen LogP contribution in [0, 0.1) is 17.0 Å². The zero-order valence-corrected chi connectivity index (χ0v) is 21.7. The van der Waals surface area contributed by atoms with E-state index in [0.717, 1.165) is 15.6 Å². The quantitative estimate of drug-likeness (QED) is 0.265. The largest absolute Gasteiger partial charge is 0.378 e. The van der Waals surface area contributed by atoms with E-state index < -0.39 is 20.9 Å². The smallest absolute Gasteiger partial charge is 0.271 e. The predicted octanol–water partition coefficient (Wildman–Crippen LogP) is 3.33. The molecule has 12 heteroatoms. The summed E-state index contributed by atoms with van der Waals surface area (Å²) in [7, 11) is -2.32. The summed E-state index contributed by atoms with van der Waals surface area (Å²) in [5.41, 5.74) is 5.17. The lowest BCUT2D eigenvalue weighted by molar-refractivity contribution is -0.384. The average Bonchev–Trinajstić information content (AvgIpc) is 2.93. The third-order valence-corrected chi connectivity index (χ3v) is 7.92. The normalized spacial score (nSPS) is 13.9. The van der Waals surface area contributed by atoms with E-state index in [1.54, 1.807) is 30.3 Å². The van der Waals surface area contributed by atoms with Gasteiger partial charge >= 0.3 is 0 Å². The zero-order valence-electron chi connectivity index (χ0n) is 20.9. The number of ether oxygens (including phenoxy) is 1. The highest BCUT2D eigenvalue weighted by atomic mass is 32.2. The Labute approximate surface area is 220 Å². The summed E-state index contributed by atoms with van der Waals surface area (Å²) in [5, 5.41) is 15.3. The topological polar surface area (TPSA) is 134 Å². The number of anilines is 2. The second-order valence-corrected chi connectivity index (χ2v) is 10.6. The van der Waals surface area contributed by atoms with Gasteiger partial charge in [0, 0.05) is 49.1 Å². The van der Waals surface area contributed by atoms with Crippen LogP contribution in [0.15, 0.2) is 76.7 Å². The molecule has 1 N–H and O–H groups in total. The van der Waals surface area contributed by atoms with Gasteiger partial charge in [0.05, 0.1) is 34.9 Å². The fraction of sp³-hybridized carbons (Fsp3) is 0.231. The molecule has 198 valence electrons. The van der Waals surface area contributed by atoms with Crippen LogP contribution in [0.2, 0.25) is 0 Å². The van der Waals surface area contributed by atoms with E-state index >= 15 is 0 Å². The van der Waals surface area contributed by atoms with Gasteiger partial charge in [0.2, 0.25) is 0 Å². The minimum atomic E-state index is -3.76. The first-order chi connectivity index (χ1) is 18.2. The first kappa shape index (κ1) is 26.8. The summed E-state index contributed by atoms with van der Waals surface area (Å²) in [4.78, 5) is 25.6. The summed E-state index contributed by atoms with van der Waals surface area (Å²) in [6, 6.07) is 17.1. The van der Waals surface area contributed by atoms with E-state index in [-0.39, 0.29) is 16.1 Å². The molecule has 0 radical (unpaired) electrons. The molecule has 0 bridgehead atoms. The highest BCUT2D eigenvalue weighted by Gasteiger charge is 2.21.